The second-order valence-corrected chi connectivity index (χ2v) is 3.81. The summed E-state index contributed by atoms with van der Waals surface area (Å²) >= 11 is 3.39. The van der Waals surface area contributed by atoms with E-state index in [0.29, 0.717) is 12.2 Å². The van der Waals surface area contributed by atoms with Crippen LogP contribution in [-0.2, 0) is 16.5 Å². The number of carbonyl (C=O) groups excluding carboxylic acids is 1. The first-order valence-corrected chi connectivity index (χ1v) is 6.19. The third-order valence-electron chi connectivity index (χ3n) is 2.13. The van der Waals surface area contributed by atoms with Gasteiger partial charge in [-0.05, 0) is 36.6 Å². The van der Waals surface area contributed by atoms with Crippen LogP contribution in [0.25, 0.3) is 0 Å². The molecule has 0 saturated carbocycles. The minimum absolute atomic E-state index is 0.241. The van der Waals surface area contributed by atoms with Gasteiger partial charge >= 0.3 is 5.97 Å². The summed E-state index contributed by atoms with van der Waals surface area (Å²) in [5.74, 6) is -0.241. The summed E-state index contributed by atoms with van der Waals surface area (Å²) in [5, 5.41) is 0.757. The van der Waals surface area contributed by atoms with Gasteiger partial charge in [-0.3, -0.25) is 0 Å². The Bertz CT molecular complexity index is 325. The highest BCUT2D eigenvalue weighted by atomic mass is 79.9. The maximum Gasteiger partial charge on any atom is 0.338 e. The second kappa shape index (κ2) is 5.91. The number of hydrogen-bond acceptors (Lipinski definition) is 2. The molecule has 0 aliphatic carbocycles. The van der Waals surface area contributed by atoms with Crippen molar-refractivity contribution in [1.29, 1.82) is 0 Å². The number of halogens is 1. The van der Waals surface area contributed by atoms with Crippen molar-refractivity contribution in [2.75, 3.05) is 6.61 Å². The first-order chi connectivity index (χ1) is 7.21. The summed E-state index contributed by atoms with van der Waals surface area (Å²) in [6.07, 6.45) is 0.924. The fourth-order valence-electron chi connectivity index (χ4n) is 1.38. The minimum Gasteiger partial charge on any atom is -0.462 e. The maximum atomic E-state index is 11.5. The second-order valence-electron chi connectivity index (χ2n) is 3.25. The number of carbonyl (C=O) groups is 1. The van der Waals surface area contributed by atoms with Gasteiger partial charge < -0.3 is 4.74 Å². The molecule has 15 heavy (non-hydrogen) atoms. The Morgan fingerprint density at radius 3 is 2.47 bits per heavy atom. The number of ether oxygens (including phenoxy) is 1. The van der Waals surface area contributed by atoms with Gasteiger partial charge in [-0.1, -0.05) is 28.9 Å². The van der Waals surface area contributed by atoms with Crippen LogP contribution in [0, 0.1) is 0 Å². The lowest BCUT2D eigenvalue weighted by molar-refractivity contribution is 0.0526. The zero-order valence-corrected chi connectivity index (χ0v) is 10.6. The Balaban J connectivity index is 3.01. The Kier molecular flexibility index (Phi) is 4.82. The zero-order chi connectivity index (χ0) is 11.3. The third kappa shape index (κ3) is 3.34. The van der Waals surface area contributed by atoms with Crippen LogP contribution in [-0.4, -0.2) is 12.6 Å². The molecule has 0 aliphatic rings. The number of benzene rings is 1. The average molecular weight is 271 g/mol. The molecule has 3 heteroatoms. The van der Waals surface area contributed by atoms with E-state index in [1.807, 2.05) is 19.1 Å². The molecule has 0 heterocycles. The van der Waals surface area contributed by atoms with Gasteiger partial charge in [0.1, 0.15) is 0 Å². The van der Waals surface area contributed by atoms with E-state index < -0.39 is 0 Å². The lowest BCUT2D eigenvalue weighted by atomic mass is 10.1. The van der Waals surface area contributed by atoms with Crippen LogP contribution in [0.1, 0.15) is 35.3 Å². The molecule has 0 unspecified atom stereocenters. The Labute approximate surface area is 98.8 Å². The van der Waals surface area contributed by atoms with E-state index in [1.54, 1.807) is 0 Å². The first-order valence-electron chi connectivity index (χ1n) is 5.07. The van der Waals surface area contributed by atoms with E-state index in [4.69, 9.17) is 4.74 Å². The van der Waals surface area contributed by atoms with Crippen molar-refractivity contribution in [1.82, 2.24) is 0 Å². The molecule has 1 rings (SSSR count). The molecule has 82 valence electrons. The van der Waals surface area contributed by atoms with E-state index in [2.05, 4.69) is 28.9 Å². The highest BCUT2D eigenvalue weighted by Gasteiger charge is 2.08. The lowest BCUT2D eigenvalue weighted by Gasteiger charge is -2.06. The van der Waals surface area contributed by atoms with Gasteiger partial charge in [0.2, 0.25) is 0 Å². The Morgan fingerprint density at radius 2 is 1.93 bits per heavy atom. The topological polar surface area (TPSA) is 26.3 Å². The quantitative estimate of drug-likeness (QED) is 0.620. The molecule has 1 aromatic carbocycles. The van der Waals surface area contributed by atoms with Crippen molar-refractivity contribution in [3.63, 3.8) is 0 Å². The number of aryl methyl sites for hydroxylation is 1. The fraction of sp³-hybridized carbons (Fsp3) is 0.417. The highest BCUT2D eigenvalue weighted by Crippen LogP contribution is 2.14. The number of esters is 1. The number of rotatable bonds is 4. The lowest BCUT2D eigenvalue weighted by Crippen LogP contribution is -2.05. The molecule has 0 amide bonds. The van der Waals surface area contributed by atoms with Gasteiger partial charge in [0.05, 0.1) is 12.2 Å². The average Bonchev–Trinajstić information content (AvgIpc) is 2.28. The summed E-state index contributed by atoms with van der Waals surface area (Å²) in [4.78, 5) is 11.5. The van der Waals surface area contributed by atoms with Crippen molar-refractivity contribution >= 4 is 21.9 Å². The van der Waals surface area contributed by atoms with E-state index >= 15 is 0 Å². The summed E-state index contributed by atoms with van der Waals surface area (Å²) in [6, 6.07) is 5.85. The molecule has 0 radical (unpaired) electrons. The van der Waals surface area contributed by atoms with Gasteiger partial charge in [-0.25, -0.2) is 4.79 Å². The Morgan fingerprint density at radius 1 is 1.27 bits per heavy atom. The molecule has 0 bridgehead atoms. The number of hydrogen-bond donors (Lipinski definition) is 0. The third-order valence-corrected chi connectivity index (χ3v) is 2.77. The van der Waals surface area contributed by atoms with Crippen LogP contribution in [0.4, 0.5) is 0 Å². The molecule has 1 aromatic rings. The summed E-state index contributed by atoms with van der Waals surface area (Å²) < 4.78 is 4.97. The van der Waals surface area contributed by atoms with Gasteiger partial charge in [-0.15, -0.1) is 0 Å². The Hall–Kier alpha value is -0.830. The van der Waals surface area contributed by atoms with Gasteiger partial charge in [-0.2, -0.15) is 0 Å². The van der Waals surface area contributed by atoms with Crippen molar-refractivity contribution in [2.24, 2.45) is 0 Å². The van der Waals surface area contributed by atoms with Crippen molar-refractivity contribution in [2.45, 2.75) is 25.6 Å². The molecular formula is C12H15BrO2. The molecule has 0 aliphatic heterocycles. The zero-order valence-electron chi connectivity index (χ0n) is 9.05. The molecular weight excluding hydrogens is 256 g/mol. The SMILES string of the molecule is CCOC(=O)c1cc(CC)cc(CBr)c1. The van der Waals surface area contributed by atoms with Crippen LogP contribution < -0.4 is 0 Å². The smallest absolute Gasteiger partial charge is 0.338 e. The number of alkyl halides is 1. The predicted molar refractivity (Wildman–Crippen MR) is 64.4 cm³/mol. The van der Waals surface area contributed by atoms with Crippen LogP contribution in [0.2, 0.25) is 0 Å². The van der Waals surface area contributed by atoms with Gasteiger partial charge in [0, 0.05) is 5.33 Å². The van der Waals surface area contributed by atoms with Crippen LogP contribution in [0.3, 0.4) is 0 Å². The summed E-state index contributed by atoms with van der Waals surface area (Å²) in [7, 11) is 0. The first kappa shape index (κ1) is 12.2. The molecule has 0 atom stereocenters. The highest BCUT2D eigenvalue weighted by molar-refractivity contribution is 9.08. The standard InChI is InChI=1S/C12H15BrO2/c1-3-9-5-10(8-13)7-11(6-9)12(14)15-4-2/h5-7H,3-4,8H2,1-2H3. The van der Waals surface area contributed by atoms with E-state index in [9.17, 15) is 4.79 Å². The molecule has 0 N–H and O–H groups in total. The maximum absolute atomic E-state index is 11.5. The van der Waals surface area contributed by atoms with Crippen molar-refractivity contribution in [3.05, 3.63) is 34.9 Å². The van der Waals surface area contributed by atoms with Crippen LogP contribution in [0.15, 0.2) is 18.2 Å². The monoisotopic (exact) mass is 270 g/mol. The molecule has 0 spiro atoms. The largest absolute Gasteiger partial charge is 0.462 e. The molecule has 0 aromatic heterocycles. The van der Waals surface area contributed by atoms with Crippen molar-refractivity contribution < 1.29 is 9.53 Å². The molecule has 2 nitrogen and oxygen atoms in total. The van der Waals surface area contributed by atoms with Crippen molar-refractivity contribution in [3.8, 4) is 0 Å². The van der Waals surface area contributed by atoms with Crippen LogP contribution in [0.5, 0.6) is 0 Å². The van der Waals surface area contributed by atoms with Gasteiger partial charge in [0.25, 0.3) is 0 Å². The van der Waals surface area contributed by atoms with Gasteiger partial charge in [0.15, 0.2) is 0 Å². The van der Waals surface area contributed by atoms with E-state index in [-0.39, 0.29) is 5.97 Å². The van der Waals surface area contributed by atoms with E-state index in [1.165, 1.54) is 0 Å². The normalized spacial score (nSPS) is 10.1. The molecule has 0 fully saturated rings. The molecule has 0 saturated heterocycles. The van der Waals surface area contributed by atoms with E-state index in [0.717, 1.165) is 22.9 Å². The minimum atomic E-state index is -0.241. The summed E-state index contributed by atoms with van der Waals surface area (Å²) in [5.41, 5.74) is 2.91. The summed E-state index contributed by atoms with van der Waals surface area (Å²) in [6.45, 7) is 4.30. The van der Waals surface area contributed by atoms with Crippen LogP contribution >= 0.6 is 15.9 Å². The predicted octanol–water partition coefficient (Wildman–Crippen LogP) is 3.32. The fourth-order valence-corrected chi connectivity index (χ4v) is 1.70.